The molecule has 7 heteroatoms. The van der Waals surface area contributed by atoms with Gasteiger partial charge in [0.05, 0.1) is 22.4 Å². The standard InChI is InChI=1S/C13H11N5O2/c14-6-9-5-11(18(19)20)1-2-13(9)17-4-3-12-10(8-17)7-15-16-12/h1-2,5,7H,3-4,8H2,(H,15,16). The van der Waals surface area contributed by atoms with Gasteiger partial charge in [-0.1, -0.05) is 0 Å². The minimum absolute atomic E-state index is 0.0636. The third-order valence-corrected chi connectivity index (χ3v) is 3.45. The van der Waals surface area contributed by atoms with Crippen molar-refractivity contribution >= 4 is 11.4 Å². The Labute approximate surface area is 114 Å². The van der Waals surface area contributed by atoms with Crippen LogP contribution in [0.5, 0.6) is 0 Å². The summed E-state index contributed by atoms with van der Waals surface area (Å²) in [7, 11) is 0. The van der Waals surface area contributed by atoms with E-state index in [9.17, 15) is 15.4 Å². The Morgan fingerprint density at radius 3 is 3.10 bits per heavy atom. The van der Waals surface area contributed by atoms with E-state index in [0.717, 1.165) is 29.9 Å². The fourth-order valence-electron chi connectivity index (χ4n) is 2.43. The van der Waals surface area contributed by atoms with Crippen LogP contribution in [0, 0.1) is 21.4 Å². The lowest BCUT2D eigenvalue weighted by atomic mass is 10.1. The van der Waals surface area contributed by atoms with Crippen LogP contribution in [0.15, 0.2) is 24.4 Å². The van der Waals surface area contributed by atoms with E-state index in [0.29, 0.717) is 12.1 Å². The van der Waals surface area contributed by atoms with Crippen molar-refractivity contribution in [2.75, 3.05) is 11.4 Å². The van der Waals surface area contributed by atoms with Crippen molar-refractivity contribution in [1.29, 1.82) is 5.26 Å². The number of benzene rings is 1. The zero-order valence-electron chi connectivity index (χ0n) is 10.5. The fraction of sp³-hybridized carbons (Fsp3) is 0.231. The number of aromatic amines is 1. The molecule has 0 amide bonds. The van der Waals surface area contributed by atoms with Crippen molar-refractivity contribution in [3.8, 4) is 6.07 Å². The van der Waals surface area contributed by atoms with Crippen molar-refractivity contribution in [3.63, 3.8) is 0 Å². The molecule has 0 saturated carbocycles. The summed E-state index contributed by atoms with van der Waals surface area (Å²) < 4.78 is 0. The van der Waals surface area contributed by atoms with E-state index < -0.39 is 4.92 Å². The Morgan fingerprint density at radius 2 is 2.35 bits per heavy atom. The summed E-state index contributed by atoms with van der Waals surface area (Å²) in [5, 5.41) is 26.9. The molecule has 0 radical (unpaired) electrons. The topological polar surface area (TPSA) is 98.8 Å². The van der Waals surface area contributed by atoms with Gasteiger partial charge < -0.3 is 4.90 Å². The Kier molecular flexibility index (Phi) is 2.84. The number of nitrogens with one attached hydrogen (secondary N) is 1. The molecule has 20 heavy (non-hydrogen) atoms. The average Bonchev–Trinajstić information content (AvgIpc) is 2.93. The number of nitrogens with zero attached hydrogens (tertiary/aromatic N) is 4. The summed E-state index contributed by atoms with van der Waals surface area (Å²) in [6.45, 7) is 1.40. The molecule has 1 N–H and O–H groups in total. The molecule has 3 rings (SSSR count). The number of aromatic nitrogens is 2. The number of hydrogen-bond acceptors (Lipinski definition) is 5. The minimum atomic E-state index is -0.491. The molecule has 7 nitrogen and oxygen atoms in total. The van der Waals surface area contributed by atoms with Crippen LogP contribution in [0.1, 0.15) is 16.8 Å². The number of H-pyrrole nitrogens is 1. The van der Waals surface area contributed by atoms with E-state index in [1.54, 1.807) is 12.3 Å². The van der Waals surface area contributed by atoms with Crippen molar-refractivity contribution in [3.05, 3.63) is 51.3 Å². The first-order chi connectivity index (χ1) is 9.69. The molecule has 2 aromatic rings. The van der Waals surface area contributed by atoms with Gasteiger partial charge in [0.1, 0.15) is 6.07 Å². The molecule has 1 aromatic heterocycles. The quantitative estimate of drug-likeness (QED) is 0.661. The maximum absolute atomic E-state index is 10.8. The average molecular weight is 269 g/mol. The smallest absolute Gasteiger partial charge is 0.270 e. The summed E-state index contributed by atoms with van der Waals surface area (Å²) in [5.41, 5.74) is 3.20. The molecule has 2 heterocycles. The number of anilines is 1. The molecule has 0 spiro atoms. The van der Waals surface area contributed by atoms with Crippen LogP contribution in [0.4, 0.5) is 11.4 Å². The van der Waals surface area contributed by atoms with Gasteiger partial charge in [-0.25, -0.2) is 0 Å². The van der Waals surface area contributed by atoms with Crippen LogP contribution in [-0.4, -0.2) is 21.7 Å². The predicted octanol–water partition coefficient (Wildman–Crippen LogP) is 1.75. The second kappa shape index (κ2) is 4.66. The largest absolute Gasteiger partial charge is 0.366 e. The normalized spacial score (nSPS) is 13.7. The zero-order valence-corrected chi connectivity index (χ0v) is 10.5. The van der Waals surface area contributed by atoms with Crippen molar-refractivity contribution < 1.29 is 4.92 Å². The van der Waals surface area contributed by atoms with Gasteiger partial charge >= 0.3 is 0 Å². The maximum Gasteiger partial charge on any atom is 0.270 e. The highest BCUT2D eigenvalue weighted by molar-refractivity contribution is 5.63. The lowest BCUT2D eigenvalue weighted by molar-refractivity contribution is -0.384. The SMILES string of the molecule is N#Cc1cc([N+](=O)[O-])ccc1N1CCc2[nH]ncc2C1. The number of hydrogen-bond donors (Lipinski definition) is 1. The summed E-state index contributed by atoms with van der Waals surface area (Å²) in [5.74, 6) is 0. The Balaban J connectivity index is 1.95. The molecule has 100 valence electrons. The predicted molar refractivity (Wildman–Crippen MR) is 71.2 cm³/mol. The minimum Gasteiger partial charge on any atom is -0.366 e. The molecule has 0 fully saturated rings. The van der Waals surface area contributed by atoms with Gasteiger partial charge in [0.25, 0.3) is 5.69 Å². The van der Waals surface area contributed by atoms with Gasteiger partial charge in [0.2, 0.25) is 0 Å². The van der Waals surface area contributed by atoms with E-state index in [1.165, 1.54) is 12.1 Å². The maximum atomic E-state index is 10.8. The van der Waals surface area contributed by atoms with E-state index in [1.807, 2.05) is 11.0 Å². The lowest BCUT2D eigenvalue weighted by Crippen LogP contribution is -2.30. The Morgan fingerprint density at radius 1 is 1.50 bits per heavy atom. The number of nitriles is 1. The number of nitro groups is 1. The van der Waals surface area contributed by atoms with Crippen LogP contribution in [-0.2, 0) is 13.0 Å². The van der Waals surface area contributed by atoms with Gasteiger partial charge in [-0.2, -0.15) is 10.4 Å². The second-order valence-corrected chi connectivity index (χ2v) is 4.62. The van der Waals surface area contributed by atoms with Gasteiger partial charge in [-0.05, 0) is 6.07 Å². The summed E-state index contributed by atoms with van der Waals surface area (Å²) in [6.07, 6.45) is 2.59. The highest BCUT2D eigenvalue weighted by atomic mass is 16.6. The van der Waals surface area contributed by atoms with Gasteiger partial charge in [0, 0.05) is 42.9 Å². The van der Waals surface area contributed by atoms with E-state index in [-0.39, 0.29) is 5.69 Å². The van der Waals surface area contributed by atoms with Crippen molar-refractivity contribution in [2.24, 2.45) is 0 Å². The van der Waals surface area contributed by atoms with Gasteiger partial charge in [-0.15, -0.1) is 0 Å². The molecule has 1 aliphatic heterocycles. The highest BCUT2D eigenvalue weighted by Gasteiger charge is 2.21. The second-order valence-electron chi connectivity index (χ2n) is 4.62. The first-order valence-corrected chi connectivity index (χ1v) is 6.13. The highest BCUT2D eigenvalue weighted by Crippen LogP contribution is 2.28. The van der Waals surface area contributed by atoms with Gasteiger partial charge in [-0.3, -0.25) is 15.2 Å². The third-order valence-electron chi connectivity index (χ3n) is 3.45. The summed E-state index contributed by atoms with van der Waals surface area (Å²) in [4.78, 5) is 12.3. The first kappa shape index (κ1) is 12.2. The number of nitro benzene ring substituents is 1. The lowest BCUT2D eigenvalue weighted by Gasteiger charge is -2.29. The first-order valence-electron chi connectivity index (χ1n) is 6.13. The van der Waals surface area contributed by atoms with Crippen molar-refractivity contribution in [2.45, 2.75) is 13.0 Å². The summed E-state index contributed by atoms with van der Waals surface area (Å²) >= 11 is 0. The van der Waals surface area contributed by atoms with Crippen LogP contribution >= 0.6 is 0 Å². The molecule has 0 atom stereocenters. The Bertz CT molecular complexity index is 716. The summed E-state index contributed by atoms with van der Waals surface area (Å²) in [6, 6.07) is 6.43. The van der Waals surface area contributed by atoms with Gasteiger partial charge in [0.15, 0.2) is 0 Å². The number of rotatable bonds is 2. The van der Waals surface area contributed by atoms with E-state index in [2.05, 4.69) is 10.2 Å². The molecular weight excluding hydrogens is 258 g/mol. The molecule has 0 bridgehead atoms. The van der Waals surface area contributed by atoms with Crippen LogP contribution < -0.4 is 4.90 Å². The monoisotopic (exact) mass is 269 g/mol. The molecule has 1 aliphatic rings. The van der Waals surface area contributed by atoms with Crippen molar-refractivity contribution in [1.82, 2.24) is 10.2 Å². The molecule has 0 unspecified atom stereocenters. The molecule has 1 aromatic carbocycles. The molecule has 0 aliphatic carbocycles. The number of fused-ring (bicyclic) bond motifs is 1. The molecular formula is C13H11N5O2. The fourth-order valence-corrected chi connectivity index (χ4v) is 2.43. The van der Waals surface area contributed by atoms with Crippen LogP contribution in [0.3, 0.4) is 0 Å². The Hall–Kier alpha value is -2.88. The third kappa shape index (κ3) is 1.97. The molecule has 0 saturated heterocycles. The van der Waals surface area contributed by atoms with E-state index >= 15 is 0 Å². The number of non-ortho nitro benzene ring substituents is 1. The zero-order chi connectivity index (χ0) is 14.1. The van der Waals surface area contributed by atoms with Crippen LogP contribution in [0.2, 0.25) is 0 Å². The van der Waals surface area contributed by atoms with Crippen LogP contribution in [0.25, 0.3) is 0 Å². The van der Waals surface area contributed by atoms with E-state index in [4.69, 9.17) is 0 Å².